The molecule has 0 saturated heterocycles. The first-order chi connectivity index (χ1) is 10.8. The summed E-state index contributed by atoms with van der Waals surface area (Å²) in [5.41, 5.74) is 1.90. The Balaban J connectivity index is 2.01. The Kier molecular flexibility index (Phi) is 4.01. The fourth-order valence-corrected chi connectivity index (χ4v) is 2.23. The molecule has 2 aromatic carbocycles. The molecule has 1 aromatic heterocycles. The van der Waals surface area contributed by atoms with Crippen LogP contribution in [0.2, 0.25) is 0 Å². The number of fused-ring (bicyclic) bond motifs is 1. The number of para-hydroxylation sites is 1. The molecule has 3 aromatic rings. The molecule has 4 nitrogen and oxygen atoms in total. The lowest BCUT2D eigenvalue weighted by atomic mass is 10.2. The van der Waals surface area contributed by atoms with Crippen LogP contribution in [0.1, 0.15) is 12.5 Å². The van der Waals surface area contributed by atoms with E-state index in [1.807, 2.05) is 61.5 Å². The molecule has 0 N–H and O–H groups in total. The van der Waals surface area contributed by atoms with E-state index in [1.54, 1.807) is 7.11 Å². The molecule has 0 radical (unpaired) electrons. The number of ether oxygens (including phenoxy) is 2. The fraction of sp³-hybridized carbons (Fsp3) is 0.111. The Labute approximate surface area is 129 Å². The molecule has 0 amide bonds. The van der Waals surface area contributed by atoms with Crippen LogP contribution in [0.15, 0.2) is 54.9 Å². The van der Waals surface area contributed by atoms with Gasteiger partial charge in [0, 0.05) is 0 Å². The average molecular weight is 292 g/mol. The van der Waals surface area contributed by atoms with Crippen LogP contribution >= 0.6 is 0 Å². The third-order valence-corrected chi connectivity index (χ3v) is 3.26. The van der Waals surface area contributed by atoms with Crippen LogP contribution in [0.5, 0.6) is 17.4 Å². The van der Waals surface area contributed by atoms with Gasteiger partial charge in [-0.2, -0.15) is 0 Å². The predicted octanol–water partition coefficient (Wildman–Crippen LogP) is 4.46. The molecular formula is C18H16N2O2. The molecule has 0 spiro atoms. The number of hydrogen-bond donors (Lipinski definition) is 0. The van der Waals surface area contributed by atoms with Gasteiger partial charge in [0.25, 0.3) is 0 Å². The summed E-state index contributed by atoms with van der Waals surface area (Å²) in [6.45, 7) is 1.98. The van der Waals surface area contributed by atoms with Crippen molar-refractivity contribution in [1.82, 2.24) is 9.97 Å². The van der Waals surface area contributed by atoms with Gasteiger partial charge in [-0.15, -0.1) is 0 Å². The molecule has 0 aliphatic heterocycles. The van der Waals surface area contributed by atoms with E-state index in [0.29, 0.717) is 17.4 Å². The molecule has 3 rings (SSSR count). The van der Waals surface area contributed by atoms with E-state index in [1.165, 1.54) is 6.33 Å². The van der Waals surface area contributed by atoms with E-state index in [2.05, 4.69) is 9.97 Å². The zero-order valence-electron chi connectivity index (χ0n) is 12.5. The predicted molar refractivity (Wildman–Crippen MR) is 87.3 cm³/mol. The van der Waals surface area contributed by atoms with Crippen LogP contribution in [0, 0.1) is 0 Å². The monoisotopic (exact) mass is 292 g/mol. The Morgan fingerprint density at radius 1 is 1.00 bits per heavy atom. The topological polar surface area (TPSA) is 44.2 Å². The number of benzene rings is 2. The molecule has 1 heterocycles. The van der Waals surface area contributed by atoms with Crippen molar-refractivity contribution in [3.05, 3.63) is 60.4 Å². The molecular weight excluding hydrogens is 276 g/mol. The zero-order chi connectivity index (χ0) is 15.4. The van der Waals surface area contributed by atoms with E-state index in [-0.39, 0.29) is 0 Å². The van der Waals surface area contributed by atoms with Gasteiger partial charge in [0.2, 0.25) is 5.88 Å². The van der Waals surface area contributed by atoms with Crippen molar-refractivity contribution in [1.29, 1.82) is 0 Å². The molecule has 0 unspecified atom stereocenters. The Morgan fingerprint density at radius 2 is 1.86 bits per heavy atom. The maximum atomic E-state index is 5.95. The van der Waals surface area contributed by atoms with Crippen LogP contribution in [0.4, 0.5) is 0 Å². The van der Waals surface area contributed by atoms with Crippen LogP contribution < -0.4 is 9.47 Å². The first-order valence-corrected chi connectivity index (χ1v) is 7.00. The van der Waals surface area contributed by atoms with Gasteiger partial charge < -0.3 is 9.47 Å². The summed E-state index contributed by atoms with van der Waals surface area (Å²) in [6, 6.07) is 13.5. The number of allylic oxidation sites excluding steroid dienone is 1. The fourth-order valence-electron chi connectivity index (χ4n) is 2.23. The first-order valence-electron chi connectivity index (χ1n) is 7.00. The van der Waals surface area contributed by atoms with Gasteiger partial charge in [-0.25, -0.2) is 9.97 Å². The highest BCUT2D eigenvalue weighted by molar-refractivity contribution is 5.83. The Bertz CT molecular complexity index is 823. The number of rotatable bonds is 4. The minimum absolute atomic E-state index is 0.516. The normalized spacial score (nSPS) is 11.0. The SMILES string of the molecule is C/C=C/c1ccc(Oc2ncnc3ccccc23)c(OC)c1. The Morgan fingerprint density at radius 3 is 2.68 bits per heavy atom. The highest BCUT2D eigenvalue weighted by Gasteiger charge is 2.10. The molecule has 0 aliphatic carbocycles. The van der Waals surface area contributed by atoms with Gasteiger partial charge >= 0.3 is 0 Å². The zero-order valence-corrected chi connectivity index (χ0v) is 12.5. The lowest BCUT2D eigenvalue weighted by Crippen LogP contribution is -1.94. The van der Waals surface area contributed by atoms with Crippen molar-refractivity contribution < 1.29 is 9.47 Å². The second-order valence-corrected chi connectivity index (χ2v) is 4.71. The van der Waals surface area contributed by atoms with Gasteiger partial charge in [0.1, 0.15) is 6.33 Å². The maximum absolute atomic E-state index is 5.95. The Hall–Kier alpha value is -2.88. The molecule has 4 heteroatoms. The van der Waals surface area contributed by atoms with E-state index in [0.717, 1.165) is 16.5 Å². The van der Waals surface area contributed by atoms with Gasteiger partial charge in [0.15, 0.2) is 11.5 Å². The molecule has 0 fully saturated rings. The van der Waals surface area contributed by atoms with E-state index < -0.39 is 0 Å². The summed E-state index contributed by atoms with van der Waals surface area (Å²) < 4.78 is 11.4. The summed E-state index contributed by atoms with van der Waals surface area (Å²) >= 11 is 0. The van der Waals surface area contributed by atoms with Crippen molar-refractivity contribution >= 4 is 17.0 Å². The summed E-state index contributed by atoms with van der Waals surface area (Å²) in [5, 5.41) is 0.865. The molecule has 22 heavy (non-hydrogen) atoms. The molecule has 0 bridgehead atoms. The van der Waals surface area contributed by atoms with Gasteiger partial charge in [-0.3, -0.25) is 0 Å². The highest BCUT2D eigenvalue weighted by atomic mass is 16.5. The average Bonchev–Trinajstić information content (AvgIpc) is 2.57. The van der Waals surface area contributed by atoms with Crippen molar-refractivity contribution in [3.63, 3.8) is 0 Å². The quantitative estimate of drug-likeness (QED) is 0.712. The largest absolute Gasteiger partial charge is 0.493 e. The number of methoxy groups -OCH3 is 1. The van der Waals surface area contributed by atoms with Crippen LogP contribution in [0.25, 0.3) is 17.0 Å². The number of hydrogen-bond acceptors (Lipinski definition) is 4. The highest BCUT2D eigenvalue weighted by Crippen LogP contribution is 2.34. The van der Waals surface area contributed by atoms with Crippen LogP contribution in [-0.4, -0.2) is 17.1 Å². The van der Waals surface area contributed by atoms with E-state index in [9.17, 15) is 0 Å². The minimum Gasteiger partial charge on any atom is -0.493 e. The summed E-state index contributed by atoms with van der Waals surface area (Å²) in [4.78, 5) is 8.47. The third-order valence-electron chi connectivity index (χ3n) is 3.26. The second-order valence-electron chi connectivity index (χ2n) is 4.71. The molecule has 110 valence electrons. The molecule has 0 saturated carbocycles. The van der Waals surface area contributed by atoms with Gasteiger partial charge in [0.05, 0.1) is 18.0 Å². The minimum atomic E-state index is 0.516. The lowest BCUT2D eigenvalue weighted by Gasteiger charge is -2.11. The molecule has 0 aliphatic rings. The third kappa shape index (κ3) is 2.76. The van der Waals surface area contributed by atoms with Crippen molar-refractivity contribution in [2.45, 2.75) is 6.92 Å². The number of aromatic nitrogens is 2. The van der Waals surface area contributed by atoms with Crippen molar-refractivity contribution in [2.75, 3.05) is 7.11 Å². The van der Waals surface area contributed by atoms with E-state index in [4.69, 9.17) is 9.47 Å². The summed E-state index contributed by atoms with van der Waals surface area (Å²) in [7, 11) is 1.62. The van der Waals surface area contributed by atoms with Crippen molar-refractivity contribution in [3.8, 4) is 17.4 Å². The molecule has 0 atom stereocenters. The van der Waals surface area contributed by atoms with Gasteiger partial charge in [-0.05, 0) is 36.8 Å². The standard InChI is InChI=1S/C18H16N2O2/c1-3-6-13-9-10-16(17(11-13)21-2)22-18-14-7-4-5-8-15(14)19-12-20-18/h3-12H,1-2H3/b6-3+. The summed E-state index contributed by atoms with van der Waals surface area (Å²) in [6.07, 6.45) is 5.48. The summed E-state index contributed by atoms with van der Waals surface area (Å²) in [5.74, 6) is 1.81. The second kappa shape index (κ2) is 6.26. The maximum Gasteiger partial charge on any atom is 0.230 e. The van der Waals surface area contributed by atoms with Crippen LogP contribution in [0.3, 0.4) is 0 Å². The van der Waals surface area contributed by atoms with Crippen molar-refractivity contribution in [2.24, 2.45) is 0 Å². The number of nitrogens with zero attached hydrogens (tertiary/aromatic N) is 2. The first kappa shape index (κ1) is 14.1. The smallest absolute Gasteiger partial charge is 0.230 e. The van der Waals surface area contributed by atoms with Gasteiger partial charge in [-0.1, -0.05) is 30.4 Å². The van der Waals surface area contributed by atoms with Crippen LogP contribution in [-0.2, 0) is 0 Å². The van der Waals surface area contributed by atoms with E-state index >= 15 is 0 Å². The lowest BCUT2D eigenvalue weighted by molar-refractivity contribution is 0.375.